The highest BCUT2D eigenvalue weighted by molar-refractivity contribution is 7.71. The fourth-order valence-corrected chi connectivity index (χ4v) is 3.20. The molecule has 1 aliphatic rings. The van der Waals surface area contributed by atoms with Crippen LogP contribution in [-0.2, 0) is 6.54 Å². The number of rotatable bonds is 4. The van der Waals surface area contributed by atoms with Gasteiger partial charge in [0.25, 0.3) is 0 Å². The number of hydrogen-bond donors (Lipinski definition) is 0. The summed E-state index contributed by atoms with van der Waals surface area (Å²) in [6.07, 6.45) is 2.58. The monoisotopic (exact) mass is 322 g/mol. The minimum Gasteiger partial charge on any atom is -0.497 e. The van der Waals surface area contributed by atoms with Crippen molar-refractivity contribution in [2.24, 2.45) is 5.92 Å². The van der Waals surface area contributed by atoms with Crippen LogP contribution in [0.4, 0.5) is 0 Å². The van der Waals surface area contributed by atoms with Crippen LogP contribution in [0.25, 0.3) is 22.2 Å². The molecule has 1 heterocycles. The van der Waals surface area contributed by atoms with Gasteiger partial charge >= 0.3 is 0 Å². The van der Waals surface area contributed by atoms with E-state index in [9.17, 15) is 0 Å². The molecule has 1 aliphatic carbocycles. The van der Waals surface area contributed by atoms with Gasteiger partial charge in [-0.2, -0.15) is 0 Å². The minimum atomic E-state index is 0.661. The van der Waals surface area contributed by atoms with Gasteiger partial charge in [0.2, 0.25) is 4.77 Å². The zero-order valence-electron chi connectivity index (χ0n) is 13.0. The molecule has 116 valence electrons. The predicted molar refractivity (Wildman–Crippen MR) is 95.3 cm³/mol. The molecule has 3 aromatic rings. The van der Waals surface area contributed by atoms with Crippen LogP contribution in [0.3, 0.4) is 0 Å². The Hall–Kier alpha value is -2.20. The second-order valence-corrected chi connectivity index (χ2v) is 6.41. The molecular weight excluding hydrogens is 304 g/mol. The standard InChI is InChI=1S/C19H18N2OS/c1-22-15-9-10-17-16(11-15)18(14-5-3-2-4-6-14)20-19(23)21(17)12-13-7-8-13/h2-6,9-11,13H,7-8,12H2,1H3. The zero-order chi connectivity index (χ0) is 15.8. The third-order valence-electron chi connectivity index (χ3n) is 4.37. The van der Waals surface area contributed by atoms with E-state index in [4.69, 9.17) is 21.9 Å². The van der Waals surface area contributed by atoms with Crippen LogP contribution in [-0.4, -0.2) is 16.7 Å². The van der Waals surface area contributed by atoms with Crippen LogP contribution < -0.4 is 4.74 Å². The van der Waals surface area contributed by atoms with Gasteiger partial charge in [0.15, 0.2) is 0 Å². The lowest BCUT2D eigenvalue weighted by atomic mass is 10.1. The second-order valence-electron chi connectivity index (χ2n) is 6.05. The quantitative estimate of drug-likeness (QED) is 0.642. The number of hydrogen-bond acceptors (Lipinski definition) is 3. The normalized spacial score (nSPS) is 14.1. The Morgan fingerprint density at radius 2 is 1.96 bits per heavy atom. The maximum Gasteiger partial charge on any atom is 0.200 e. The van der Waals surface area contributed by atoms with E-state index >= 15 is 0 Å². The minimum absolute atomic E-state index is 0.661. The molecule has 3 nitrogen and oxygen atoms in total. The molecule has 23 heavy (non-hydrogen) atoms. The first-order valence-corrected chi connectivity index (χ1v) is 8.31. The molecule has 0 N–H and O–H groups in total. The Morgan fingerprint density at radius 1 is 1.17 bits per heavy atom. The van der Waals surface area contributed by atoms with Gasteiger partial charge in [0, 0.05) is 17.5 Å². The molecule has 0 spiro atoms. The average Bonchev–Trinajstić information content (AvgIpc) is 3.41. The van der Waals surface area contributed by atoms with Crippen LogP contribution >= 0.6 is 12.2 Å². The summed E-state index contributed by atoms with van der Waals surface area (Å²) in [6.45, 7) is 0.962. The van der Waals surface area contributed by atoms with E-state index in [1.165, 1.54) is 12.8 Å². The zero-order valence-corrected chi connectivity index (χ0v) is 13.8. The molecule has 0 atom stereocenters. The molecule has 0 radical (unpaired) electrons. The average molecular weight is 322 g/mol. The van der Waals surface area contributed by atoms with Gasteiger partial charge in [0.1, 0.15) is 5.75 Å². The van der Waals surface area contributed by atoms with Gasteiger partial charge in [-0.1, -0.05) is 30.3 Å². The smallest absolute Gasteiger partial charge is 0.200 e. The van der Waals surface area contributed by atoms with Gasteiger partial charge in [-0.3, -0.25) is 0 Å². The second kappa shape index (κ2) is 5.78. The molecule has 0 unspecified atom stereocenters. The Bertz CT molecular complexity index is 914. The van der Waals surface area contributed by atoms with E-state index in [0.29, 0.717) is 4.77 Å². The molecule has 0 aliphatic heterocycles. The molecule has 0 saturated heterocycles. The number of nitrogens with zero attached hydrogens (tertiary/aromatic N) is 2. The van der Waals surface area contributed by atoms with Crippen LogP contribution in [0.15, 0.2) is 48.5 Å². The maximum atomic E-state index is 5.59. The van der Waals surface area contributed by atoms with Crippen LogP contribution in [0.5, 0.6) is 5.75 Å². The molecular formula is C19H18N2OS. The highest BCUT2D eigenvalue weighted by Gasteiger charge is 2.23. The lowest BCUT2D eigenvalue weighted by molar-refractivity contribution is 0.415. The van der Waals surface area contributed by atoms with Crippen LogP contribution in [0.1, 0.15) is 12.8 Å². The number of fused-ring (bicyclic) bond motifs is 1. The van der Waals surface area contributed by atoms with Crippen molar-refractivity contribution in [3.05, 3.63) is 53.3 Å². The largest absolute Gasteiger partial charge is 0.497 e. The molecule has 0 amide bonds. The first kappa shape index (κ1) is 14.4. The van der Waals surface area contributed by atoms with E-state index < -0.39 is 0 Å². The van der Waals surface area contributed by atoms with E-state index in [0.717, 1.165) is 40.4 Å². The lowest BCUT2D eigenvalue weighted by Crippen LogP contribution is -2.07. The van der Waals surface area contributed by atoms with Gasteiger partial charge in [-0.15, -0.1) is 0 Å². The van der Waals surface area contributed by atoms with Gasteiger partial charge < -0.3 is 9.30 Å². The van der Waals surface area contributed by atoms with Crippen molar-refractivity contribution in [2.75, 3.05) is 7.11 Å². The van der Waals surface area contributed by atoms with E-state index in [1.807, 2.05) is 24.3 Å². The molecule has 0 bridgehead atoms. The summed E-state index contributed by atoms with van der Waals surface area (Å²) in [7, 11) is 1.69. The molecule has 1 saturated carbocycles. The summed E-state index contributed by atoms with van der Waals surface area (Å²) >= 11 is 5.59. The van der Waals surface area contributed by atoms with Crippen LogP contribution in [0.2, 0.25) is 0 Å². The summed E-state index contributed by atoms with van der Waals surface area (Å²) in [5, 5.41) is 1.09. The summed E-state index contributed by atoms with van der Waals surface area (Å²) in [5.41, 5.74) is 3.14. The van der Waals surface area contributed by atoms with E-state index in [2.05, 4.69) is 28.8 Å². The Labute approximate surface area is 140 Å². The van der Waals surface area contributed by atoms with Crippen molar-refractivity contribution >= 4 is 23.1 Å². The predicted octanol–water partition coefficient (Wildman–Crippen LogP) is 4.85. The first-order valence-electron chi connectivity index (χ1n) is 7.90. The summed E-state index contributed by atoms with van der Waals surface area (Å²) < 4.78 is 8.25. The van der Waals surface area contributed by atoms with E-state index in [1.54, 1.807) is 7.11 Å². The molecule has 4 heteroatoms. The van der Waals surface area contributed by atoms with Gasteiger partial charge in [0.05, 0.1) is 18.3 Å². The molecule has 1 aromatic heterocycles. The Kier molecular flexibility index (Phi) is 3.62. The third kappa shape index (κ3) is 2.75. The maximum absolute atomic E-state index is 5.59. The number of methoxy groups -OCH3 is 1. The first-order chi connectivity index (χ1) is 11.3. The fraction of sp³-hybridized carbons (Fsp3) is 0.263. The summed E-state index contributed by atoms with van der Waals surface area (Å²) in [5.74, 6) is 1.59. The highest BCUT2D eigenvalue weighted by Crippen LogP contribution is 2.34. The van der Waals surface area contributed by atoms with Crippen molar-refractivity contribution in [1.82, 2.24) is 9.55 Å². The van der Waals surface area contributed by atoms with Crippen molar-refractivity contribution < 1.29 is 4.74 Å². The molecule has 1 fully saturated rings. The molecule has 4 rings (SSSR count). The van der Waals surface area contributed by atoms with Crippen molar-refractivity contribution in [1.29, 1.82) is 0 Å². The SMILES string of the molecule is COc1ccc2c(c1)c(-c1ccccc1)nc(=S)n2CC1CC1. The van der Waals surface area contributed by atoms with Crippen molar-refractivity contribution in [3.63, 3.8) is 0 Å². The summed E-state index contributed by atoms with van der Waals surface area (Å²) in [4.78, 5) is 4.75. The Balaban J connectivity index is 2.00. The fourth-order valence-electron chi connectivity index (χ4n) is 2.94. The molecule has 2 aromatic carbocycles. The number of ether oxygens (including phenoxy) is 1. The number of aromatic nitrogens is 2. The number of benzene rings is 2. The van der Waals surface area contributed by atoms with Gasteiger partial charge in [-0.25, -0.2) is 4.98 Å². The van der Waals surface area contributed by atoms with Gasteiger partial charge in [-0.05, 0) is 49.2 Å². The van der Waals surface area contributed by atoms with E-state index in [-0.39, 0.29) is 0 Å². The lowest BCUT2D eigenvalue weighted by Gasteiger charge is -2.15. The summed E-state index contributed by atoms with van der Waals surface area (Å²) in [6, 6.07) is 16.4. The third-order valence-corrected chi connectivity index (χ3v) is 4.68. The highest BCUT2D eigenvalue weighted by atomic mass is 32.1. The van der Waals surface area contributed by atoms with Crippen molar-refractivity contribution in [3.8, 4) is 17.0 Å². The Morgan fingerprint density at radius 3 is 2.65 bits per heavy atom. The topological polar surface area (TPSA) is 27.1 Å². The van der Waals surface area contributed by atoms with Crippen LogP contribution in [0, 0.1) is 10.7 Å². The van der Waals surface area contributed by atoms with Crippen molar-refractivity contribution in [2.45, 2.75) is 19.4 Å².